The highest BCUT2D eigenvalue weighted by Crippen LogP contribution is 2.24. The molecule has 2 amide bonds. The first-order chi connectivity index (χ1) is 16.5. The zero-order valence-corrected chi connectivity index (χ0v) is 18.7. The SMILES string of the molecule is O=C1C[C@H](C(=O)N2CCc3c(cc(Cc4ccccc4F)c(=O)n3Cc3cccnc3)C2)CN1. The van der Waals surface area contributed by atoms with Gasteiger partial charge in [0.15, 0.2) is 0 Å². The van der Waals surface area contributed by atoms with Gasteiger partial charge in [0.2, 0.25) is 11.8 Å². The number of halogens is 1. The van der Waals surface area contributed by atoms with Crippen molar-refractivity contribution in [2.45, 2.75) is 32.4 Å². The number of benzene rings is 1. The van der Waals surface area contributed by atoms with Gasteiger partial charge < -0.3 is 14.8 Å². The summed E-state index contributed by atoms with van der Waals surface area (Å²) >= 11 is 0. The molecule has 2 aliphatic heterocycles. The number of hydrogen-bond donors (Lipinski definition) is 1. The Morgan fingerprint density at radius 1 is 1.15 bits per heavy atom. The predicted molar refractivity (Wildman–Crippen MR) is 123 cm³/mol. The average molecular weight is 461 g/mol. The van der Waals surface area contributed by atoms with Crippen LogP contribution in [0.2, 0.25) is 0 Å². The van der Waals surface area contributed by atoms with E-state index in [1.165, 1.54) is 6.07 Å². The first kappa shape index (κ1) is 22.0. The number of amides is 2. The topological polar surface area (TPSA) is 84.3 Å². The van der Waals surface area contributed by atoms with Crippen LogP contribution in [-0.4, -0.2) is 39.4 Å². The third-order valence-electron chi connectivity index (χ3n) is 6.59. The largest absolute Gasteiger partial charge is 0.355 e. The number of nitrogens with zero attached hydrogens (tertiary/aromatic N) is 3. The van der Waals surface area contributed by atoms with Crippen LogP contribution < -0.4 is 10.9 Å². The van der Waals surface area contributed by atoms with Crippen molar-refractivity contribution in [3.05, 3.63) is 99.0 Å². The summed E-state index contributed by atoms with van der Waals surface area (Å²) in [4.78, 5) is 44.0. The third kappa shape index (κ3) is 4.35. The molecule has 4 heterocycles. The highest BCUT2D eigenvalue weighted by molar-refractivity contribution is 5.89. The van der Waals surface area contributed by atoms with Crippen LogP contribution in [0, 0.1) is 11.7 Å². The van der Waals surface area contributed by atoms with Crippen molar-refractivity contribution >= 4 is 11.8 Å². The minimum atomic E-state index is -0.353. The van der Waals surface area contributed by atoms with E-state index >= 15 is 0 Å². The molecule has 0 aliphatic carbocycles. The van der Waals surface area contributed by atoms with Crippen LogP contribution >= 0.6 is 0 Å². The van der Waals surface area contributed by atoms with Crippen molar-refractivity contribution in [1.82, 2.24) is 19.8 Å². The van der Waals surface area contributed by atoms with Crippen molar-refractivity contribution < 1.29 is 14.0 Å². The Hall–Kier alpha value is -3.81. The first-order valence-electron chi connectivity index (χ1n) is 11.4. The Labute approximate surface area is 196 Å². The van der Waals surface area contributed by atoms with Crippen LogP contribution in [0.5, 0.6) is 0 Å². The number of aromatic nitrogens is 2. The molecule has 1 fully saturated rings. The van der Waals surface area contributed by atoms with E-state index in [2.05, 4.69) is 10.3 Å². The number of pyridine rings is 2. The third-order valence-corrected chi connectivity index (χ3v) is 6.59. The number of hydrogen-bond acceptors (Lipinski definition) is 4. The minimum Gasteiger partial charge on any atom is -0.355 e. The molecule has 2 aromatic heterocycles. The van der Waals surface area contributed by atoms with Gasteiger partial charge in [0, 0.05) is 62.5 Å². The Balaban J connectivity index is 1.51. The fourth-order valence-corrected chi connectivity index (χ4v) is 4.82. The summed E-state index contributed by atoms with van der Waals surface area (Å²) in [5, 5.41) is 2.72. The molecule has 5 rings (SSSR count). The Morgan fingerprint density at radius 3 is 2.74 bits per heavy atom. The van der Waals surface area contributed by atoms with Crippen LogP contribution in [-0.2, 0) is 35.5 Å². The molecular formula is C26H25FN4O3. The van der Waals surface area contributed by atoms with Gasteiger partial charge in [-0.3, -0.25) is 19.4 Å². The van der Waals surface area contributed by atoms with Crippen LogP contribution in [0.3, 0.4) is 0 Å². The molecule has 34 heavy (non-hydrogen) atoms. The molecule has 0 spiro atoms. The molecule has 1 N–H and O–H groups in total. The number of carbonyl (C=O) groups excluding carboxylic acids is 2. The van der Waals surface area contributed by atoms with E-state index < -0.39 is 0 Å². The predicted octanol–water partition coefficient (Wildman–Crippen LogP) is 2.04. The quantitative estimate of drug-likeness (QED) is 0.632. The lowest BCUT2D eigenvalue weighted by Crippen LogP contribution is -2.43. The number of fused-ring (bicyclic) bond motifs is 1. The first-order valence-corrected chi connectivity index (χ1v) is 11.4. The maximum absolute atomic E-state index is 14.4. The summed E-state index contributed by atoms with van der Waals surface area (Å²) in [5.41, 5.74) is 3.44. The van der Waals surface area contributed by atoms with E-state index in [1.807, 2.05) is 18.2 Å². The zero-order chi connectivity index (χ0) is 23.7. The Bertz CT molecular complexity index is 1310. The monoisotopic (exact) mass is 460 g/mol. The standard InChI is InChI=1S/C26H25FN4O3/c27-22-6-2-1-5-18(22)10-19-11-21-16-30(25(33)20-12-24(32)29-14-20)9-7-23(21)31(26(19)34)15-17-4-3-8-28-13-17/h1-6,8,11,13,20H,7,9-10,12,14-16H2,(H,29,32)/t20-/m0/s1. The second-order valence-corrected chi connectivity index (χ2v) is 8.88. The van der Waals surface area contributed by atoms with Gasteiger partial charge in [-0.25, -0.2) is 4.39 Å². The highest BCUT2D eigenvalue weighted by Gasteiger charge is 2.33. The number of carbonyl (C=O) groups is 2. The molecule has 7 nitrogen and oxygen atoms in total. The van der Waals surface area contributed by atoms with E-state index in [0.717, 1.165) is 16.8 Å². The lowest BCUT2D eigenvalue weighted by Gasteiger charge is -2.32. The van der Waals surface area contributed by atoms with Gasteiger partial charge in [-0.05, 0) is 34.9 Å². The minimum absolute atomic E-state index is 0.0512. The molecule has 2 aliphatic rings. The second-order valence-electron chi connectivity index (χ2n) is 8.88. The maximum atomic E-state index is 14.4. The molecular weight excluding hydrogens is 435 g/mol. The van der Waals surface area contributed by atoms with Crippen LogP contribution in [0.25, 0.3) is 0 Å². The van der Waals surface area contributed by atoms with Gasteiger partial charge in [0.1, 0.15) is 5.82 Å². The second kappa shape index (κ2) is 9.21. The maximum Gasteiger partial charge on any atom is 0.254 e. The van der Waals surface area contributed by atoms with Crippen LogP contribution in [0.15, 0.2) is 59.7 Å². The molecule has 3 aromatic rings. The summed E-state index contributed by atoms with van der Waals surface area (Å²) in [6.45, 7) is 1.56. The van der Waals surface area contributed by atoms with E-state index in [9.17, 15) is 18.8 Å². The summed E-state index contributed by atoms with van der Waals surface area (Å²) < 4.78 is 16.1. The molecule has 8 heteroatoms. The molecule has 1 atom stereocenters. The highest BCUT2D eigenvalue weighted by atomic mass is 19.1. The molecule has 1 aromatic carbocycles. The molecule has 1 saturated heterocycles. The zero-order valence-electron chi connectivity index (χ0n) is 18.7. The van der Waals surface area contributed by atoms with Crippen molar-refractivity contribution in [3.63, 3.8) is 0 Å². The van der Waals surface area contributed by atoms with Gasteiger partial charge in [0.05, 0.1) is 12.5 Å². The van der Waals surface area contributed by atoms with E-state index in [-0.39, 0.29) is 42.0 Å². The summed E-state index contributed by atoms with van der Waals surface area (Å²) in [5.74, 6) is -0.861. The van der Waals surface area contributed by atoms with Gasteiger partial charge in [0.25, 0.3) is 5.56 Å². The Kier molecular flexibility index (Phi) is 5.96. The lowest BCUT2D eigenvalue weighted by molar-refractivity contribution is -0.136. The normalized spacial score (nSPS) is 17.4. The smallest absolute Gasteiger partial charge is 0.254 e. The Morgan fingerprint density at radius 2 is 2.00 bits per heavy atom. The van der Waals surface area contributed by atoms with E-state index in [1.54, 1.807) is 40.1 Å². The average Bonchev–Trinajstić information content (AvgIpc) is 3.29. The van der Waals surface area contributed by atoms with Gasteiger partial charge >= 0.3 is 0 Å². The van der Waals surface area contributed by atoms with Crippen LogP contribution in [0.4, 0.5) is 4.39 Å². The van der Waals surface area contributed by atoms with Crippen molar-refractivity contribution in [2.75, 3.05) is 13.1 Å². The number of rotatable bonds is 5. The summed E-state index contributed by atoms with van der Waals surface area (Å²) in [6, 6.07) is 12.0. The van der Waals surface area contributed by atoms with Gasteiger partial charge in [-0.2, -0.15) is 0 Å². The lowest BCUT2D eigenvalue weighted by atomic mass is 9.97. The molecule has 174 valence electrons. The summed E-state index contributed by atoms with van der Waals surface area (Å²) in [6.07, 6.45) is 4.32. The van der Waals surface area contributed by atoms with Gasteiger partial charge in [-0.15, -0.1) is 0 Å². The van der Waals surface area contributed by atoms with Crippen molar-refractivity contribution in [1.29, 1.82) is 0 Å². The molecule has 0 saturated carbocycles. The van der Waals surface area contributed by atoms with Crippen molar-refractivity contribution in [2.24, 2.45) is 5.92 Å². The fraction of sp³-hybridized carbons (Fsp3) is 0.308. The van der Waals surface area contributed by atoms with Crippen LogP contribution in [0.1, 0.15) is 34.4 Å². The fourth-order valence-electron chi connectivity index (χ4n) is 4.82. The van der Waals surface area contributed by atoms with E-state index in [4.69, 9.17) is 0 Å². The molecule has 0 bridgehead atoms. The van der Waals surface area contributed by atoms with Gasteiger partial charge in [-0.1, -0.05) is 24.3 Å². The molecule has 0 radical (unpaired) electrons. The van der Waals surface area contributed by atoms with E-state index in [0.29, 0.717) is 43.7 Å². The molecule has 0 unspecified atom stereocenters. The number of nitrogens with one attached hydrogen (secondary N) is 1. The summed E-state index contributed by atoms with van der Waals surface area (Å²) in [7, 11) is 0. The van der Waals surface area contributed by atoms with Crippen molar-refractivity contribution in [3.8, 4) is 0 Å².